The predicted octanol–water partition coefficient (Wildman–Crippen LogP) is 0.998. The third kappa shape index (κ3) is 3.78. The SMILES string of the molecule is CC(=O)N1c2ccc(S(=O)(=O)N3CCOCC3)cc2C[C@@H]1C(=O)N1CCCCC1. The largest absolute Gasteiger partial charge is 0.379 e. The summed E-state index contributed by atoms with van der Waals surface area (Å²) in [5, 5.41) is 0. The molecule has 0 aliphatic carbocycles. The van der Waals surface area contributed by atoms with Gasteiger partial charge in [0.2, 0.25) is 21.8 Å². The third-order valence-electron chi connectivity index (χ3n) is 5.94. The minimum atomic E-state index is -3.62. The van der Waals surface area contributed by atoms with Gasteiger partial charge in [-0.25, -0.2) is 8.42 Å². The molecule has 3 aliphatic rings. The van der Waals surface area contributed by atoms with E-state index >= 15 is 0 Å². The van der Waals surface area contributed by atoms with Crippen LogP contribution in [0.25, 0.3) is 0 Å². The van der Waals surface area contributed by atoms with Gasteiger partial charge in [-0.1, -0.05) is 0 Å². The maximum atomic E-state index is 13.1. The average molecular weight is 422 g/mol. The second-order valence-electron chi connectivity index (χ2n) is 7.80. The zero-order chi connectivity index (χ0) is 20.6. The molecule has 0 unspecified atom stereocenters. The highest BCUT2D eigenvalue weighted by Crippen LogP contribution is 2.35. The van der Waals surface area contributed by atoms with Crippen LogP contribution >= 0.6 is 0 Å². The molecule has 1 aromatic carbocycles. The molecule has 0 bridgehead atoms. The number of benzene rings is 1. The van der Waals surface area contributed by atoms with Crippen molar-refractivity contribution in [2.24, 2.45) is 0 Å². The van der Waals surface area contributed by atoms with Crippen molar-refractivity contribution in [2.75, 3.05) is 44.3 Å². The van der Waals surface area contributed by atoms with Gasteiger partial charge < -0.3 is 9.64 Å². The Morgan fingerprint density at radius 2 is 1.72 bits per heavy atom. The molecule has 0 aromatic heterocycles. The lowest BCUT2D eigenvalue weighted by molar-refractivity contribution is -0.135. The van der Waals surface area contributed by atoms with Crippen LogP contribution in [0.2, 0.25) is 0 Å². The Morgan fingerprint density at radius 3 is 2.38 bits per heavy atom. The van der Waals surface area contributed by atoms with E-state index in [2.05, 4.69) is 0 Å². The molecule has 0 saturated carbocycles. The lowest BCUT2D eigenvalue weighted by Gasteiger charge is -2.32. The quantitative estimate of drug-likeness (QED) is 0.727. The Balaban J connectivity index is 1.62. The van der Waals surface area contributed by atoms with Gasteiger partial charge in [0.25, 0.3) is 0 Å². The molecule has 1 atom stereocenters. The zero-order valence-electron chi connectivity index (χ0n) is 16.7. The highest BCUT2D eigenvalue weighted by Gasteiger charge is 2.40. The molecule has 0 N–H and O–H groups in total. The number of morpholine rings is 1. The van der Waals surface area contributed by atoms with E-state index in [9.17, 15) is 18.0 Å². The van der Waals surface area contributed by atoms with Crippen molar-refractivity contribution in [3.63, 3.8) is 0 Å². The first-order valence-electron chi connectivity index (χ1n) is 10.2. The number of sulfonamides is 1. The van der Waals surface area contributed by atoms with Crippen LogP contribution in [-0.2, 0) is 30.8 Å². The molecule has 4 rings (SSSR count). The lowest BCUT2D eigenvalue weighted by atomic mass is 10.1. The minimum Gasteiger partial charge on any atom is -0.379 e. The maximum Gasteiger partial charge on any atom is 0.246 e. The van der Waals surface area contributed by atoms with Crippen LogP contribution in [0.4, 0.5) is 5.69 Å². The highest BCUT2D eigenvalue weighted by atomic mass is 32.2. The molecule has 1 aromatic rings. The first-order chi connectivity index (χ1) is 13.9. The van der Waals surface area contributed by atoms with E-state index in [0.717, 1.165) is 24.8 Å². The number of ether oxygens (including phenoxy) is 1. The van der Waals surface area contributed by atoms with Crippen LogP contribution in [0.1, 0.15) is 31.7 Å². The van der Waals surface area contributed by atoms with Gasteiger partial charge in [-0.2, -0.15) is 4.31 Å². The van der Waals surface area contributed by atoms with E-state index in [1.54, 1.807) is 12.1 Å². The van der Waals surface area contributed by atoms with Crippen LogP contribution in [0.3, 0.4) is 0 Å². The topological polar surface area (TPSA) is 87.2 Å². The Kier molecular flexibility index (Phi) is 5.63. The molecule has 2 saturated heterocycles. The van der Waals surface area contributed by atoms with Crippen molar-refractivity contribution >= 4 is 27.5 Å². The number of amides is 2. The number of hydrogen-bond donors (Lipinski definition) is 0. The summed E-state index contributed by atoms with van der Waals surface area (Å²) in [6.45, 7) is 4.31. The summed E-state index contributed by atoms with van der Waals surface area (Å²) in [7, 11) is -3.62. The van der Waals surface area contributed by atoms with E-state index in [1.165, 1.54) is 22.2 Å². The normalized spacial score (nSPS) is 23.1. The first kappa shape index (κ1) is 20.3. The second kappa shape index (κ2) is 8.04. The molecule has 3 aliphatic heterocycles. The zero-order valence-corrected chi connectivity index (χ0v) is 17.5. The van der Waals surface area contributed by atoms with E-state index in [-0.39, 0.29) is 16.7 Å². The van der Waals surface area contributed by atoms with Gasteiger partial charge in [0.05, 0.1) is 18.1 Å². The number of carbonyl (C=O) groups is 2. The fraction of sp³-hybridized carbons (Fsp3) is 0.600. The number of likely N-dealkylation sites (tertiary alicyclic amines) is 1. The first-order valence-corrected chi connectivity index (χ1v) is 11.6. The molecular formula is C20H27N3O5S. The minimum absolute atomic E-state index is 0.0475. The molecule has 29 heavy (non-hydrogen) atoms. The van der Waals surface area contributed by atoms with E-state index < -0.39 is 16.1 Å². The van der Waals surface area contributed by atoms with Gasteiger partial charge in [0.15, 0.2) is 0 Å². The fourth-order valence-electron chi connectivity index (χ4n) is 4.44. The van der Waals surface area contributed by atoms with Crippen molar-refractivity contribution in [3.8, 4) is 0 Å². The molecule has 0 spiro atoms. The van der Waals surface area contributed by atoms with Crippen molar-refractivity contribution in [3.05, 3.63) is 23.8 Å². The van der Waals surface area contributed by atoms with Crippen LogP contribution < -0.4 is 4.90 Å². The van der Waals surface area contributed by atoms with E-state index in [0.29, 0.717) is 51.5 Å². The third-order valence-corrected chi connectivity index (χ3v) is 7.83. The van der Waals surface area contributed by atoms with Gasteiger partial charge in [-0.3, -0.25) is 14.5 Å². The number of fused-ring (bicyclic) bond motifs is 1. The average Bonchev–Trinajstić information content (AvgIpc) is 3.13. The van der Waals surface area contributed by atoms with Crippen molar-refractivity contribution in [1.82, 2.24) is 9.21 Å². The summed E-state index contributed by atoms with van der Waals surface area (Å²) < 4.78 is 32.6. The monoisotopic (exact) mass is 421 g/mol. The summed E-state index contributed by atoms with van der Waals surface area (Å²) in [6.07, 6.45) is 3.42. The van der Waals surface area contributed by atoms with Crippen LogP contribution in [-0.4, -0.2) is 74.9 Å². The van der Waals surface area contributed by atoms with Crippen molar-refractivity contribution in [2.45, 2.75) is 43.5 Å². The number of rotatable bonds is 3. The van der Waals surface area contributed by atoms with E-state index in [4.69, 9.17) is 4.74 Å². The molecule has 8 nitrogen and oxygen atoms in total. The van der Waals surface area contributed by atoms with Gasteiger partial charge in [-0.05, 0) is 43.0 Å². The summed E-state index contributed by atoms with van der Waals surface area (Å²) in [5.74, 6) is -0.253. The molecule has 2 amide bonds. The molecular weight excluding hydrogens is 394 g/mol. The van der Waals surface area contributed by atoms with Gasteiger partial charge in [0.1, 0.15) is 6.04 Å². The van der Waals surface area contributed by atoms with E-state index in [1.807, 2.05) is 4.90 Å². The van der Waals surface area contributed by atoms with Gasteiger partial charge in [0, 0.05) is 45.2 Å². The molecule has 0 radical (unpaired) electrons. The fourth-order valence-corrected chi connectivity index (χ4v) is 5.90. The smallest absolute Gasteiger partial charge is 0.246 e. The van der Waals surface area contributed by atoms with Crippen LogP contribution in [0, 0.1) is 0 Å². The van der Waals surface area contributed by atoms with Gasteiger partial charge >= 0.3 is 0 Å². The number of anilines is 1. The predicted molar refractivity (Wildman–Crippen MR) is 107 cm³/mol. The van der Waals surface area contributed by atoms with Crippen molar-refractivity contribution < 1.29 is 22.7 Å². The van der Waals surface area contributed by atoms with Crippen molar-refractivity contribution in [1.29, 1.82) is 0 Å². The number of hydrogen-bond acceptors (Lipinski definition) is 5. The molecule has 9 heteroatoms. The van der Waals surface area contributed by atoms with Gasteiger partial charge in [-0.15, -0.1) is 0 Å². The lowest BCUT2D eigenvalue weighted by Crippen LogP contribution is -2.50. The summed E-state index contributed by atoms with van der Waals surface area (Å²) >= 11 is 0. The number of carbonyl (C=O) groups excluding carboxylic acids is 2. The Morgan fingerprint density at radius 1 is 1.03 bits per heavy atom. The van der Waals surface area contributed by atoms with Crippen LogP contribution in [0.15, 0.2) is 23.1 Å². The standard InChI is InChI=1S/C20H27N3O5S/c1-15(24)23-18-6-5-17(29(26,27)22-9-11-28-12-10-22)13-16(18)14-19(23)20(25)21-7-3-2-4-8-21/h5-6,13,19H,2-4,7-12,14H2,1H3/t19-/m1/s1. The van der Waals surface area contributed by atoms with Crippen LogP contribution in [0.5, 0.6) is 0 Å². The summed E-state index contributed by atoms with van der Waals surface area (Å²) in [5.41, 5.74) is 1.36. The molecule has 158 valence electrons. The summed E-state index contributed by atoms with van der Waals surface area (Å²) in [6, 6.07) is 4.22. The highest BCUT2D eigenvalue weighted by molar-refractivity contribution is 7.89. The molecule has 2 fully saturated rings. The number of piperidine rings is 1. The molecule has 3 heterocycles. The second-order valence-corrected chi connectivity index (χ2v) is 9.74. The maximum absolute atomic E-state index is 13.1. The Labute approximate surface area is 171 Å². The number of nitrogens with zero attached hydrogens (tertiary/aromatic N) is 3. The Bertz CT molecular complexity index is 905. The summed E-state index contributed by atoms with van der Waals surface area (Å²) in [4.78, 5) is 29.0. The Hall–Kier alpha value is -1.97.